The molecular weight excluding hydrogens is 298 g/mol. The van der Waals surface area contributed by atoms with Crippen LogP contribution in [-0.2, 0) is 4.79 Å². The number of rotatable bonds is 4. The number of fused-ring (bicyclic) bond motifs is 1. The van der Waals surface area contributed by atoms with Gasteiger partial charge in [0.05, 0.1) is 0 Å². The Morgan fingerprint density at radius 2 is 2.13 bits per heavy atom. The maximum atomic E-state index is 12.3. The van der Waals surface area contributed by atoms with E-state index in [1.807, 2.05) is 4.90 Å². The number of nitro groups is 1. The van der Waals surface area contributed by atoms with Gasteiger partial charge in [0.25, 0.3) is 5.91 Å². The molecule has 1 aliphatic carbocycles. The van der Waals surface area contributed by atoms with Gasteiger partial charge in [-0.3, -0.25) is 4.79 Å². The van der Waals surface area contributed by atoms with Gasteiger partial charge in [0.2, 0.25) is 5.75 Å². The number of ether oxygens (including phenoxy) is 1. The molecule has 124 valence electrons. The standard InChI is InChI=1S/C16H21N3O4/c20-15(11-23-14-6-3-8-17-16(14)19(21)22)18-9-7-12-4-1-2-5-13(12)10-18/h3,6,8,12-13H,1-2,4-5,7,9-11H2/t12-,13-/m1/s1. The van der Waals surface area contributed by atoms with Crippen LogP contribution in [0.3, 0.4) is 0 Å². The van der Waals surface area contributed by atoms with Crippen molar-refractivity contribution in [1.82, 2.24) is 9.88 Å². The van der Waals surface area contributed by atoms with Crippen LogP contribution in [0.5, 0.6) is 5.75 Å². The van der Waals surface area contributed by atoms with Gasteiger partial charge in [-0.2, -0.15) is 0 Å². The molecule has 0 unspecified atom stereocenters. The third kappa shape index (κ3) is 3.60. The Hall–Kier alpha value is -2.18. The summed E-state index contributed by atoms with van der Waals surface area (Å²) >= 11 is 0. The first-order valence-electron chi connectivity index (χ1n) is 8.15. The topological polar surface area (TPSA) is 85.6 Å². The smallest absolute Gasteiger partial charge is 0.406 e. The zero-order chi connectivity index (χ0) is 16.2. The van der Waals surface area contributed by atoms with Crippen molar-refractivity contribution in [2.75, 3.05) is 19.7 Å². The maximum absolute atomic E-state index is 12.3. The van der Waals surface area contributed by atoms with Crippen LogP contribution in [0.2, 0.25) is 0 Å². The monoisotopic (exact) mass is 319 g/mol. The number of piperidine rings is 1. The molecule has 2 fully saturated rings. The first-order chi connectivity index (χ1) is 11.1. The van der Waals surface area contributed by atoms with Crippen LogP contribution in [0.25, 0.3) is 0 Å². The summed E-state index contributed by atoms with van der Waals surface area (Å²) < 4.78 is 5.35. The fourth-order valence-corrected chi connectivity index (χ4v) is 3.69. The van der Waals surface area contributed by atoms with E-state index in [1.54, 1.807) is 6.07 Å². The second kappa shape index (κ2) is 6.93. The second-order valence-electron chi connectivity index (χ2n) is 6.30. The number of hydrogen-bond acceptors (Lipinski definition) is 5. The zero-order valence-electron chi connectivity index (χ0n) is 13.0. The van der Waals surface area contributed by atoms with Gasteiger partial charge in [0, 0.05) is 13.1 Å². The number of nitrogens with zero attached hydrogens (tertiary/aromatic N) is 3. The third-order valence-electron chi connectivity index (χ3n) is 4.92. The summed E-state index contributed by atoms with van der Waals surface area (Å²) in [5.41, 5.74) is 0. The number of amides is 1. The Bertz CT molecular complexity index is 592. The van der Waals surface area contributed by atoms with Crippen LogP contribution < -0.4 is 4.74 Å². The summed E-state index contributed by atoms with van der Waals surface area (Å²) in [6.07, 6.45) is 7.43. The van der Waals surface area contributed by atoms with Crippen molar-refractivity contribution in [2.45, 2.75) is 32.1 Å². The molecule has 1 aromatic rings. The van der Waals surface area contributed by atoms with Crippen molar-refractivity contribution in [1.29, 1.82) is 0 Å². The van der Waals surface area contributed by atoms with Gasteiger partial charge >= 0.3 is 5.82 Å². The highest BCUT2D eigenvalue weighted by atomic mass is 16.6. The average molecular weight is 319 g/mol. The van der Waals surface area contributed by atoms with Crippen LogP contribution in [0, 0.1) is 22.0 Å². The van der Waals surface area contributed by atoms with Gasteiger partial charge in [0.15, 0.2) is 6.61 Å². The van der Waals surface area contributed by atoms with Gasteiger partial charge in [-0.15, -0.1) is 0 Å². The van der Waals surface area contributed by atoms with Gasteiger partial charge < -0.3 is 19.8 Å². The molecule has 1 aromatic heterocycles. The highest BCUT2D eigenvalue weighted by Gasteiger charge is 2.33. The van der Waals surface area contributed by atoms with Crippen LogP contribution in [0.1, 0.15) is 32.1 Å². The minimum absolute atomic E-state index is 0.0402. The summed E-state index contributed by atoms with van der Waals surface area (Å²) in [7, 11) is 0. The quantitative estimate of drug-likeness (QED) is 0.628. The Kier molecular flexibility index (Phi) is 4.73. The lowest BCUT2D eigenvalue weighted by atomic mass is 9.75. The van der Waals surface area contributed by atoms with E-state index in [0.29, 0.717) is 5.92 Å². The summed E-state index contributed by atoms with van der Waals surface area (Å²) in [6.45, 7) is 1.38. The predicted octanol–water partition coefficient (Wildman–Crippen LogP) is 2.41. The van der Waals surface area contributed by atoms with Gasteiger partial charge in [-0.25, -0.2) is 0 Å². The molecule has 2 aliphatic rings. The summed E-state index contributed by atoms with van der Waals surface area (Å²) in [5.74, 6) is 0.944. The van der Waals surface area contributed by atoms with E-state index in [0.717, 1.165) is 25.4 Å². The maximum Gasteiger partial charge on any atom is 0.406 e. The molecule has 0 bridgehead atoms. The van der Waals surface area contributed by atoms with Crippen molar-refractivity contribution >= 4 is 11.7 Å². The first kappa shape index (κ1) is 15.7. The van der Waals surface area contributed by atoms with Crippen molar-refractivity contribution in [3.05, 3.63) is 28.4 Å². The van der Waals surface area contributed by atoms with E-state index >= 15 is 0 Å². The largest absolute Gasteiger partial charge is 0.476 e. The van der Waals surface area contributed by atoms with Crippen LogP contribution in [0.4, 0.5) is 5.82 Å². The molecule has 1 amide bonds. The fourth-order valence-electron chi connectivity index (χ4n) is 3.69. The number of hydrogen-bond donors (Lipinski definition) is 0. The fraction of sp³-hybridized carbons (Fsp3) is 0.625. The van der Waals surface area contributed by atoms with Crippen LogP contribution in [-0.4, -0.2) is 40.4 Å². The molecule has 0 spiro atoms. The lowest BCUT2D eigenvalue weighted by Crippen LogP contribution is -2.46. The Balaban J connectivity index is 1.57. The SMILES string of the molecule is O=C(COc1cccnc1[N+](=O)[O-])N1CC[C@H]2CCCC[C@@H]2C1. The molecule has 2 heterocycles. The Labute approximate surface area is 134 Å². The lowest BCUT2D eigenvalue weighted by Gasteiger charge is -2.41. The highest BCUT2D eigenvalue weighted by molar-refractivity contribution is 5.78. The molecule has 1 saturated carbocycles. The predicted molar refractivity (Wildman–Crippen MR) is 83.0 cm³/mol. The van der Waals surface area contributed by atoms with E-state index in [-0.39, 0.29) is 24.1 Å². The Morgan fingerprint density at radius 3 is 2.91 bits per heavy atom. The lowest BCUT2D eigenvalue weighted by molar-refractivity contribution is -0.390. The molecule has 1 aliphatic heterocycles. The minimum Gasteiger partial charge on any atom is -0.476 e. The Morgan fingerprint density at radius 1 is 1.35 bits per heavy atom. The van der Waals surface area contributed by atoms with Gasteiger partial charge in [-0.05, 0) is 46.7 Å². The molecule has 0 N–H and O–H groups in total. The molecule has 1 saturated heterocycles. The number of carbonyl (C=O) groups excluding carboxylic acids is 1. The first-order valence-corrected chi connectivity index (χ1v) is 8.15. The van der Waals surface area contributed by atoms with E-state index in [2.05, 4.69) is 4.98 Å². The van der Waals surface area contributed by atoms with E-state index in [4.69, 9.17) is 4.74 Å². The highest BCUT2D eigenvalue weighted by Crippen LogP contribution is 2.36. The third-order valence-corrected chi connectivity index (χ3v) is 4.92. The number of likely N-dealkylation sites (tertiary alicyclic amines) is 1. The molecule has 3 rings (SSSR count). The van der Waals surface area contributed by atoms with Crippen LogP contribution in [0.15, 0.2) is 18.3 Å². The van der Waals surface area contributed by atoms with Gasteiger partial charge in [0.1, 0.15) is 6.20 Å². The van der Waals surface area contributed by atoms with Crippen molar-refractivity contribution in [3.8, 4) is 5.75 Å². The van der Waals surface area contributed by atoms with Crippen molar-refractivity contribution in [2.24, 2.45) is 11.8 Å². The van der Waals surface area contributed by atoms with Crippen LogP contribution >= 0.6 is 0 Å². The minimum atomic E-state index is -0.604. The normalized spacial score (nSPS) is 23.9. The molecule has 7 nitrogen and oxygen atoms in total. The number of aromatic nitrogens is 1. The van der Waals surface area contributed by atoms with Gasteiger partial charge in [-0.1, -0.05) is 19.3 Å². The molecule has 2 atom stereocenters. The molecule has 0 radical (unpaired) electrons. The summed E-state index contributed by atoms with van der Waals surface area (Å²) in [6, 6.07) is 3.02. The average Bonchev–Trinajstić information content (AvgIpc) is 2.59. The van der Waals surface area contributed by atoms with E-state index in [1.165, 1.54) is 37.9 Å². The number of pyridine rings is 1. The molecular formula is C16H21N3O4. The van der Waals surface area contributed by atoms with E-state index < -0.39 is 4.92 Å². The van der Waals surface area contributed by atoms with Crippen molar-refractivity contribution in [3.63, 3.8) is 0 Å². The molecule has 0 aromatic carbocycles. The van der Waals surface area contributed by atoms with E-state index in [9.17, 15) is 14.9 Å². The number of carbonyl (C=O) groups is 1. The zero-order valence-corrected chi connectivity index (χ0v) is 13.0. The summed E-state index contributed by atoms with van der Waals surface area (Å²) in [5, 5.41) is 10.9. The van der Waals surface area contributed by atoms with Crippen molar-refractivity contribution < 1.29 is 14.5 Å². The molecule has 23 heavy (non-hydrogen) atoms. The second-order valence-corrected chi connectivity index (χ2v) is 6.30. The molecule has 7 heteroatoms. The summed E-state index contributed by atoms with van der Waals surface area (Å²) in [4.78, 5) is 28.1.